The molecule has 1 heterocycles. The largest absolute Gasteiger partial charge is 0.491 e. The highest BCUT2D eigenvalue weighted by molar-refractivity contribution is 5.88. The summed E-state index contributed by atoms with van der Waals surface area (Å²) in [7, 11) is 1.63. The number of aromatic nitrogens is 1. The smallest absolute Gasteiger partial charge is 0.166 e. The molecule has 4 nitrogen and oxygen atoms in total. The van der Waals surface area contributed by atoms with E-state index in [1.165, 1.54) is 0 Å². The Kier molecular flexibility index (Phi) is 3.22. The van der Waals surface area contributed by atoms with Crippen molar-refractivity contribution in [1.29, 1.82) is 0 Å². The molecule has 0 saturated heterocycles. The molecule has 0 spiro atoms. The maximum Gasteiger partial charge on any atom is 0.166 e. The van der Waals surface area contributed by atoms with Gasteiger partial charge in [-0.1, -0.05) is 0 Å². The fraction of sp³-hybridized carbons (Fsp3) is 0.250. The number of hydrogen-bond donors (Lipinski definition) is 1. The fourth-order valence-corrected chi connectivity index (χ4v) is 1.53. The minimum atomic E-state index is 0.521. The van der Waals surface area contributed by atoms with Crippen LogP contribution >= 0.6 is 0 Å². The average molecular weight is 219 g/mol. The van der Waals surface area contributed by atoms with Crippen molar-refractivity contribution in [1.82, 2.24) is 4.98 Å². The summed E-state index contributed by atoms with van der Waals surface area (Å²) in [5.41, 5.74) is 1.50. The Morgan fingerprint density at radius 3 is 2.94 bits per heavy atom. The molecule has 0 saturated carbocycles. The van der Waals surface area contributed by atoms with E-state index >= 15 is 0 Å². The minimum Gasteiger partial charge on any atom is -0.491 e. The summed E-state index contributed by atoms with van der Waals surface area (Å²) in [6.07, 6.45) is 0.797. The molecule has 16 heavy (non-hydrogen) atoms. The molecule has 1 aromatic carbocycles. The highest BCUT2D eigenvalue weighted by Crippen LogP contribution is 2.21. The Balaban J connectivity index is 2.18. The maximum atomic E-state index is 10.6. The van der Waals surface area contributed by atoms with Crippen molar-refractivity contribution < 1.29 is 14.3 Å². The van der Waals surface area contributed by atoms with Gasteiger partial charge in [0.1, 0.15) is 12.4 Å². The van der Waals surface area contributed by atoms with Crippen LogP contribution in [-0.4, -0.2) is 31.6 Å². The second-order valence-electron chi connectivity index (χ2n) is 3.43. The summed E-state index contributed by atoms with van der Waals surface area (Å²) in [4.78, 5) is 13.6. The van der Waals surface area contributed by atoms with Gasteiger partial charge in [0.25, 0.3) is 0 Å². The Hall–Kier alpha value is -1.81. The quantitative estimate of drug-likeness (QED) is 0.618. The first-order valence-electron chi connectivity index (χ1n) is 5.03. The molecule has 1 N–H and O–H groups in total. The number of nitrogens with one attached hydrogen (secondary N) is 1. The van der Waals surface area contributed by atoms with Gasteiger partial charge >= 0.3 is 0 Å². The van der Waals surface area contributed by atoms with Gasteiger partial charge < -0.3 is 14.5 Å². The highest BCUT2D eigenvalue weighted by Gasteiger charge is 2.01. The third-order valence-corrected chi connectivity index (χ3v) is 2.30. The van der Waals surface area contributed by atoms with Crippen molar-refractivity contribution in [3.05, 3.63) is 30.0 Å². The van der Waals surface area contributed by atoms with E-state index in [0.717, 1.165) is 22.9 Å². The molecule has 0 amide bonds. The first-order valence-corrected chi connectivity index (χ1v) is 5.03. The van der Waals surface area contributed by atoms with Crippen LogP contribution in [0.5, 0.6) is 5.75 Å². The van der Waals surface area contributed by atoms with Crippen LogP contribution in [-0.2, 0) is 4.74 Å². The van der Waals surface area contributed by atoms with E-state index in [-0.39, 0.29) is 0 Å². The number of carbonyl (C=O) groups excluding carboxylic acids is 1. The van der Waals surface area contributed by atoms with Gasteiger partial charge in [0, 0.05) is 18.0 Å². The van der Waals surface area contributed by atoms with E-state index in [2.05, 4.69) is 4.98 Å². The van der Waals surface area contributed by atoms with Crippen molar-refractivity contribution in [3.63, 3.8) is 0 Å². The van der Waals surface area contributed by atoms with Gasteiger partial charge in [-0.25, -0.2) is 0 Å². The molecule has 0 aliphatic heterocycles. The second kappa shape index (κ2) is 4.81. The fourth-order valence-electron chi connectivity index (χ4n) is 1.53. The normalized spacial score (nSPS) is 10.6. The zero-order valence-electron chi connectivity index (χ0n) is 9.03. The lowest BCUT2D eigenvalue weighted by molar-refractivity contribution is 0.112. The van der Waals surface area contributed by atoms with Crippen LogP contribution in [0.1, 0.15) is 10.5 Å². The summed E-state index contributed by atoms with van der Waals surface area (Å²) >= 11 is 0. The van der Waals surface area contributed by atoms with Crippen LogP contribution in [0.3, 0.4) is 0 Å². The number of methoxy groups -OCH3 is 1. The van der Waals surface area contributed by atoms with Crippen molar-refractivity contribution >= 4 is 17.2 Å². The molecule has 0 atom stereocenters. The summed E-state index contributed by atoms with van der Waals surface area (Å²) in [6.45, 7) is 1.08. The van der Waals surface area contributed by atoms with Gasteiger partial charge in [-0.05, 0) is 24.3 Å². The van der Waals surface area contributed by atoms with Gasteiger partial charge in [0.2, 0.25) is 0 Å². The van der Waals surface area contributed by atoms with Gasteiger partial charge in [-0.15, -0.1) is 0 Å². The van der Waals surface area contributed by atoms with Crippen LogP contribution in [0.2, 0.25) is 0 Å². The van der Waals surface area contributed by atoms with Crippen LogP contribution in [0.4, 0.5) is 0 Å². The Bertz CT molecular complexity index is 490. The van der Waals surface area contributed by atoms with Crippen molar-refractivity contribution in [2.45, 2.75) is 0 Å². The van der Waals surface area contributed by atoms with Gasteiger partial charge in [0.15, 0.2) is 6.29 Å². The molecule has 0 bridgehead atoms. The van der Waals surface area contributed by atoms with E-state index in [0.29, 0.717) is 18.9 Å². The van der Waals surface area contributed by atoms with Crippen molar-refractivity contribution in [2.24, 2.45) is 0 Å². The average Bonchev–Trinajstić information content (AvgIpc) is 2.71. The van der Waals surface area contributed by atoms with Crippen LogP contribution in [0, 0.1) is 0 Å². The van der Waals surface area contributed by atoms with E-state index in [1.54, 1.807) is 13.2 Å². The molecule has 2 aromatic rings. The predicted octanol–water partition coefficient (Wildman–Crippen LogP) is 2.01. The molecule has 0 unspecified atom stereocenters. The number of carbonyl (C=O) groups is 1. The molecular formula is C12H13NO3. The summed E-state index contributed by atoms with van der Waals surface area (Å²) in [5, 5.41) is 0.969. The van der Waals surface area contributed by atoms with Crippen molar-refractivity contribution in [2.75, 3.05) is 20.3 Å². The van der Waals surface area contributed by atoms with Gasteiger partial charge in [0.05, 0.1) is 12.3 Å². The third kappa shape index (κ3) is 2.23. The Morgan fingerprint density at radius 1 is 1.31 bits per heavy atom. The third-order valence-electron chi connectivity index (χ3n) is 2.30. The summed E-state index contributed by atoms with van der Waals surface area (Å²) < 4.78 is 10.4. The van der Waals surface area contributed by atoms with E-state index in [9.17, 15) is 4.79 Å². The Labute approximate surface area is 93.2 Å². The number of aldehydes is 1. The molecular weight excluding hydrogens is 206 g/mol. The molecule has 1 aromatic heterocycles. The number of benzene rings is 1. The summed E-state index contributed by atoms with van der Waals surface area (Å²) in [5.74, 6) is 0.779. The zero-order valence-corrected chi connectivity index (χ0v) is 9.03. The lowest BCUT2D eigenvalue weighted by atomic mass is 10.2. The van der Waals surface area contributed by atoms with Crippen LogP contribution in [0.15, 0.2) is 24.3 Å². The van der Waals surface area contributed by atoms with Crippen LogP contribution in [0.25, 0.3) is 10.9 Å². The molecule has 84 valence electrons. The highest BCUT2D eigenvalue weighted by atomic mass is 16.5. The van der Waals surface area contributed by atoms with E-state index in [4.69, 9.17) is 9.47 Å². The maximum absolute atomic E-state index is 10.6. The number of aromatic amines is 1. The van der Waals surface area contributed by atoms with E-state index in [1.807, 2.05) is 18.2 Å². The number of hydrogen-bond acceptors (Lipinski definition) is 3. The molecule has 0 radical (unpaired) electrons. The Morgan fingerprint density at radius 2 is 2.19 bits per heavy atom. The monoisotopic (exact) mass is 219 g/mol. The lowest BCUT2D eigenvalue weighted by Gasteiger charge is -2.04. The molecule has 0 aliphatic carbocycles. The molecule has 0 fully saturated rings. The van der Waals surface area contributed by atoms with Gasteiger partial charge in [-0.3, -0.25) is 4.79 Å². The lowest BCUT2D eigenvalue weighted by Crippen LogP contribution is -2.03. The predicted molar refractivity (Wildman–Crippen MR) is 61.1 cm³/mol. The molecule has 0 aliphatic rings. The topological polar surface area (TPSA) is 51.3 Å². The standard InChI is InChI=1S/C12H13NO3/c1-15-4-5-16-11-2-3-12-9(7-11)6-10(8-14)13-12/h2-3,6-8,13H,4-5H2,1H3. The number of rotatable bonds is 5. The number of ether oxygens (including phenoxy) is 2. The number of fused-ring (bicyclic) bond motifs is 1. The first kappa shape index (κ1) is 10.7. The van der Waals surface area contributed by atoms with Gasteiger partial charge in [-0.2, -0.15) is 0 Å². The molecule has 2 rings (SSSR count). The second-order valence-corrected chi connectivity index (χ2v) is 3.43. The van der Waals surface area contributed by atoms with Crippen molar-refractivity contribution in [3.8, 4) is 5.75 Å². The van der Waals surface area contributed by atoms with E-state index < -0.39 is 0 Å². The first-order chi connectivity index (χ1) is 7.83. The van der Waals surface area contributed by atoms with Crippen LogP contribution < -0.4 is 4.74 Å². The summed E-state index contributed by atoms with van der Waals surface area (Å²) in [6, 6.07) is 7.45. The molecule has 4 heteroatoms. The number of H-pyrrole nitrogens is 1. The zero-order chi connectivity index (χ0) is 11.4. The minimum absolute atomic E-state index is 0.521. The SMILES string of the molecule is COCCOc1ccc2[nH]c(C=O)cc2c1.